The number of hydrogen-bond acceptors (Lipinski definition) is 2. The minimum Gasteiger partial charge on any atom is -0.330 e. The Morgan fingerprint density at radius 2 is 1.17 bits per heavy atom. The molecule has 4 N–H and O–H groups in total. The zero-order valence-electron chi connectivity index (χ0n) is 8.55. The first-order chi connectivity index (χ1) is 5.78. The summed E-state index contributed by atoms with van der Waals surface area (Å²) in [5, 5.41) is 0. The predicted molar refractivity (Wildman–Crippen MR) is 54.9 cm³/mol. The van der Waals surface area contributed by atoms with Gasteiger partial charge in [0, 0.05) is 0 Å². The van der Waals surface area contributed by atoms with Gasteiger partial charge in [-0.3, -0.25) is 0 Å². The van der Waals surface area contributed by atoms with E-state index in [0.29, 0.717) is 11.8 Å². The molecule has 0 aliphatic carbocycles. The van der Waals surface area contributed by atoms with E-state index in [-0.39, 0.29) is 0 Å². The molecular formula is C10H24N2. The molecule has 0 spiro atoms. The summed E-state index contributed by atoms with van der Waals surface area (Å²) in [6, 6.07) is 0. The van der Waals surface area contributed by atoms with Gasteiger partial charge in [-0.2, -0.15) is 0 Å². The fourth-order valence-corrected chi connectivity index (χ4v) is 1.45. The van der Waals surface area contributed by atoms with Crippen molar-refractivity contribution in [2.24, 2.45) is 23.3 Å². The predicted octanol–water partition coefficient (Wildman–Crippen LogP) is 1.74. The average molecular weight is 172 g/mol. The SMILES string of the molecule is CCC(CN)CCC(CC)CN. The Labute approximate surface area is 76.7 Å². The molecule has 0 aromatic heterocycles. The third kappa shape index (κ3) is 4.73. The summed E-state index contributed by atoms with van der Waals surface area (Å²) in [5.74, 6) is 1.43. The van der Waals surface area contributed by atoms with Gasteiger partial charge in [0.25, 0.3) is 0 Å². The second-order valence-electron chi connectivity index (χ2n) is 3.60. The molecule has 2 atom stereocenters. The Morgan fingerprint density at radius 3 is 1.33 bits per heavy atom. The van der Waals surface area contributed by atoms with E-state index in [9.17, 15) is 0 Å². The molecule has 0 rings (SSSR count). The molecule has 0 saturated heterocycles. The van der Waals surface area contributed by atoms with Crippen molar-refractivity contribution < 1.29 is 0 Å². The summed E-state index contributed by atoms with van der Waals surface area (Å²) < 4.78 is 0. The number of rotatable bonds is 7. The van der Waals surface area contributed by atoms with E-state index in [2.05, 4.69) is 13.8 Å². The lowest BCUT2D eigenvalue weighted by Crippen LogP contribution is -2.18. The highest BCUT2D eigenvalue weighted by atomic mass is 14.6. The molecule has 0 fully saturated rings. The number of hydrogen-bond donors (Lipinski definition) is 2. The minimum atomic E-state index is 0.714. The van der Waals surface area contributed by atoms with Crippen LogP contribution in [-0.4, -0.2) is 13.1 Å². The summed E-state index contributed by atoms with van der Waals surface area (Å²) in [6.45, 7) is 6.08. The van der Waals surface area contributed by atoms with Crippen molar-refractivity contribution >= 4 is 0 Å². The van der Waals surface area contributed by atoms with Crippen molar-refractivity contribution in [1.29, 1.82) is 0 Å². The topological polar surface area (TPSA) is 52.0 Å². The summed E-state index contributed by atoms with van der Waals surface area (Å²) >= 11 is 0. The maximum absolute atomic E-state index is 5.62. The standard InChI is InChI=1S/C10H24N2/c1-3-9(7-11)5-6-10(4-2)8-12/h9-10H,3-8,11-12H2,1-2H3. The van der Waals surface area contributed by atoms with Gasteiger partial charge >= 0.3 is 0 Å². The van der Waals surface area contributed by atoms with Crippen molar-refractivity contribution in [2.45, 2.75) is 39.5 Å². The Hall–Kier alpha value is -0.0800. The van der Waals surface area contributed by atoms with Crippen LogP contribution in [0.15, 0.2) is 0 Å². The quantitative estimate of drug-likeness (QED) is 0.614. The maximum Gasteiger partial charge on any atom is -0.00490 e. The van der Waals surface area contributed by atoms with Gasteiger partial charge in [0.1, 0.15) is 0 Å². The third-order valence-electron chi connectivity index (χ3n) is 2.80. The average Bonchev–Trinajstić information content (AvgIpc) is 2.13. The fourth-order valence-electron chi connectivity index (χ4n) is 1.45. The second kappa shape index (κ2) is 7.56. The van der Waals surface area contributed by atoms with E-state index < -0.39 is 0 Å². The lowest BCUT2D eigenvalue weighted by Gasteiger charge is -2.16. The van der Waals surface area contributed by atoms with Crippen LogP contribution in [0.5, 0.6) is 0 Å². The molecule has 12 heavy (non-hydrogen) atoms. The van der Waals surface area contributed by atoms with Gasteiger partial charge in [-0.15, -0.1) is 0 Å². The molecule has 0 aliphatic rings. The van der Waals surface area contributed by atoms with Gasteiger partial charge in [0.05, 0.1) is 0 Å². The Bertz CT molecular complexity index is 73.8. The summed E-state index contributed by atoms with van der Waals surface area (Å²) in [4.78, 5) is 0. The van der Waals surface area contributed by atoms with Crippen LogP contribution in [0.25, 0.3) is 0 Å². The van der Waals surface area contributed by atoms with Gasteiger partial charge in [-0.05, 0) is 37.8 Å². The first-order valence-corrected chi connectivity index (χ1v) is 5.18. The largest absolute Gasteiger partial charge is 0.330 e. The van der Waals surface area contributed by atoms with Gasteiger partial charge in [0.2, 0.25) is 0 Å². The van der Waals surface area contributed by atoms with Crippen LogP contribution >= 0.6 is 0 Å². The molecule has 0 aromatic rings. The van der Waals surface area contributed by atoms with Crippen LogP contribution < -0.4 is 11.5 Å². The van der Waals surface area contributed by atoms with E-state index >= 15 is 0 Å². The molecule has 0 aromatic carbocycles. The first kappa shape index (κ1) is 11.9. The van der Waals surface area contributed by atoms with Gasteiger partial charge in [0.15, 0.2) is 0 Å². The monoisotopic (exact) mass is 172 g/mol. The van der Waals surface area contributed by atoms with Gasteiger partial charge < -0.3 is 11.5 Å². The maximum atomic E-state index is 5.62. The van der Waals surface area contributed by atoms with E-state index in [0.717, 1.165) is 13.1 Å². The molecular weight excluding hydrogens is 148 g/mol. The Balaban J connectivity index is 3.49. The van der Waals surface area contributed by atoms with Crippen molar-refractivity contribution in [3.05, 3.63) is 0 Å². The molecule has 0 radical (unpaired) electrons. The van der Waals surface area contributed by atoms with Crippen molar-refractivity contribution in [3.8, 4) is 0 Å². The number of nitrogens with two attached hydrogens (primary N) is 2. The Kier molecular flexibility index (Phi) is 7.51. The highest BCUT2D eigenvalue weighted by Crippen LogP contribution is 2.16. The van der Waals surface area contributed by atoms with E-state index in [1.165, 1.54) is 25.7 Å². The molecule has 0 saturated carbocycles. The molecule has 0 heterocycles. The molecule has 0 amide bonds. The highest BCUT2D eigenvalue weighted by Gasteiger charge is 2.08. The zero-order valence-corrected chi connectivity index (χ0v) is 8.55. The summed E-state index contributed by atoms with van der Waals surface area (Å²) in [5.41, 5.74) is 11.2. The zero-order chi connectivity index (χ0) is 9.40. The van der Waals surface area contributed by atoms with E-state index in [1.807, 2.05) is 0 Å². The van der Waals surface area contributed by atoms with Crippen LogP contribution in [0, 0.1) is 11.8 Å². The van der Waals surface area contributed by atoms with Crippen LogP contribution in [0.2, 0.25) is 0 Å². The molecule has 74 valence electrons. The molecule has 2 heteroatoms. The lowest BCUT2D eigenvalue weighted by atomic mass is 9.93. The molecule has 2 unspecified atom stereocenters. The van der Waals surface area contributed by atoms with Crippen LogP contribution in [-0.2, 0) is 0 Å². The Morgan fingerprint density at radius 1 is 0.833 bits per heavy atom. The first-order valence-electron chi connectivity index (χ1n) is 5.18. The summed E-state index contributed by atoms with van der Waals surface area (Å²) in [6.07, 6.45) is 4.92. The normalized spacial score (nSPS) is 16.0. The molecule has 0 bridgehead atoms. The lowest BCUT2D eigenvalue weighted by molar-refractivity contribution is 0.387. The smallest absolute Gasteiger partial charge is 0.00490 e. The van der Waals surface area contributed by atoms with E-state index in [4.69, 9.17) is 11.5 Å². The van der Waals surface area contributed by atoms with Crippen LogP contribution in [0.1, 0.15) is 39.5 Å². The van der Waals surface area contributed by atoms with Gasteiger partial charge in [-0.1, -0.05) is 26.7 Å². The van der Waals surface area contributed by atoms with Crippen molar-refractivity contribution in [2.75, 3.05) is 13.1 Å². The fraction of sp³-hybridized carbons (Fsp3) is 1.00. The highest BCUT2D eigenvalue weighted by molar-refractivity contribution is 4.63. The molecule has 2 nitrogen and oxygen atoms in total. The minimum absolute atomic E-state index is 0.714. The van der Waals surface area contributed by atoms with E-state index in [1.54, 1.807) is 0 Å². The third-order valence-corrected chi connectivity index (χ3v) is 2.80. The summed E-state index contributed by atoms with van der Waals surface area (Å²) in [7, 11) is 0. The second-order valence-corrected chi connectivity index (χ2v) is 3.60. The van der Waals surface area contributed by atoms with Crippen LogP contribution in [0.3, 0.4) is 0 Å². The van der Waals surface area contributed by atoms with Crippen molar-refractivity contribution in [1.82, 2.24) is 0 Å². The van der Waals surface area contributed by atoms with Crippen LogP contribution in [0.4, 0.5) is 0 Å². The van der Waals surface area contributed by atoms with Crippen molar-refractivity contribution in [3.63, 3.8) is 0 Å². The molecule has 0 aliphatic heterocycles. The van der Waals surface area contributed by atoms with Gasteiger partial charge in [-0.25, -0.2) is 0 Å².